The van der Waals surface area contributed by atoms with Crippen molar-refractivity contribution in [1.82, 2.24) is 0 Å². The van der Waals surface area contributed by atoms with Gasteiger partial charge in [0.1, 0.15) is 0 Å². The summed E-state index contributed by atoms with van der Waals surface area (Å²) in [7, 11) is 0. The molecule has 0 bridgehead atoms. The number of halogens is 3. The van der Waals surface area contributed by atoms with Crippen molar-refractivity contribution in [2.45, 2.75) is 32.6 Å². The van der Waals surface area contributed by atoms with Crippen molar-refractivity contribution in [2.75, 3.05) is 17.6 Å². The van der Waals surface area contributed by atoms with Crippen LogP contribution in [-0.4, -0.2) is 17.6 Å². The molecule has 0 aromatic rings. The lowest BCUT2D eigenvalue weighted by Gasteiger charge is -1.85. The van der Waals surface area contributed by atoms with E-state index < -0.39 is 0 Å². The van der Waals surface area contributed by atoms with Gasteiger partial charge in [0, 0.05) is 17.6 Å². The first-order valence-electron chi connectivity index (χ1n) is 5.27. The maximum atomic E-state index is 5.45. The van der Waals surface area contributed by atoms with Crippen LogP contribution in [0.5, 0.6) is 0 Å². The lowest BCUT2D eigenvalue weighted by Crippen LogP contribution is -1.71. The molecular weight excluding hydrogens is 250 g/mol. The molecule has 0 N–H and O–H groups in total. The van der Waals surface area contributed by atoms with Gasteiger partial charge in [-0.05, 0) is 32.6 Å². The number of hydrogen-bond acceptors (Lipinski definition) is 0. The summed E-state index contributed by atoms with van der Waals surface area (Å²) in [6, 6.07) is 0. The van der Waals surface area contributed by atoms with Crippen molar-refractivity contribution < 1.29 is 0 Å². The summed E-state index contributed by atoms with van der Waals surface area (Å²) in [6.07, 6.45) is 12.4. The van der Waals surface area contributed by atoms with Crippen LogP contribution in [-0.2, 0) is 0 Å². The van der Waals surface area contributed by atoms with Gasteiger partial charge in [-0.15, -0.1) is 34.8 Å². The van der Waals surface area contributed by atoms with E-state index in [0.29, 0.717) is 0 Å². The number of rotatable bonds is 7. The van der Waals surface area contributed by atoms with E-state index in [1.807, 2.05) is 19.1 Å². The highest BCUT2D eigenvalue weighted by Crippen LogP contribution is 1.95. The van der Waals surface area contributed by atoms with Crippen LogP contribution >= 0.6 is 34.8 Å². The molecule has 0 nitrogen and oxygen atoms in total. The van der Waals surface area contributed by atoms with Crippen LogP contribution in [0.4, 0.5) is 0 Å². The molecule has 0 heterocycles. The van der Waals surface area contributed by atoms with Crippen LogP contribution in [0, 0.1) is 0 Å². The highest BCUT2D eigenvalue weighted by Gasteiger charge is 1.78. The molecule has 0 aromatic carbocycles. The monoisotopic (exact) mass is 270 g/mol. The summed E-state index contributed by atoms with van der Waals surface area (Å²) in [6.45, 7) is 1.99. The van der Waals surface area contributed by atoms with E-state index in [1.165, 1.54) is 0 Å². The minimum absolute atomic E-state index is 0.720. The van der Waals surface area contributed by atoms with Crippen LogP contribution in [0.2, 0.25) is 0 Å². The molecule has 0 rings (SSSR count). The van der Waals surface area contributed by atoms with Gasteiger partial charge in [-0.1, -0.05) is 24.3 Å². The summed E-state index contributed by atoms with van der Waals surface area (Å²) >= 11 is 16.2. The largest absolute Gasteiger partial charge is 0.127 e. The van der Waals surface area contributed by atoms with E-state index in [2.05, 4.69) is 12.2 Å². The highest BCUT2D eigenvalue weighted by molar-refractivity contribution is 6.18. The van der Waals surface area contributed by atoms with Crippen LogP contribution in [0.3, 0.4) is 0 Å². The molecule has 90 valence electrons. The number of alkyl halides is 3. The van der Waals surface area contributed by atoms with Gasteiger partial charge in [-0.3, -0.25) is 0 Å². The third-order valence-corrected chi connectivity index (χ3v) is 2.16. The molecule has 0 amide bonds. The van der Waals surface area contributed by atoms with E-state index in [1.54, 1.807) is 0 Å². The fourth-order valence-corrected chi connectivity index (χ4v) is 1.13. The van der Waals surface area contributed by atoms with Gasteiger partial charge in [0.05, 0.1) is 0 Å². The number of allylic oxidation sites excluding steroid dienone is 4. The second kappa shape index (κ2) is 19.9. The van der Waals surface area contributed by atoms with Gasteiger partial charge in [0.2, 0.25) is 0 Å². The third kappa shape index (κ3) is 25.0. The van der Waals surface area contributed by atoms with Gasteiger partial charge < -0.3 is 0 Å². The molecule has 0 aromatic heterocycles. The van der Waals surface area contributed by atoms with Crippen molar-refractivity contribution in [1.29, 1.82) is 0 Å². The Labute approximate surface area is 109 Å². The number of hydrogen-bond donors (Lipinski definition) is 0. The quantitative estimate of drug-likeness (QED) is 0.331. The third-order valence-electron chi connectivity index (χ3n) is 1.46. The molecule has 0 aliphatic carbocycles. The first-order chi connectivity index (χ1) is 7.33. The maximum Gasteiger partial charge on any atom is 0.0257 e. The molecule has 15 heavy (non-hydrogen) atoms. The molecular formula is C12H21Cl3. The molecule has 0 saturated heterocycles. The predicted molar refractivity (Wildman–Crippen MR) is 74.6 cm³/mol. The van der Waals surface area contributed by atoms with E-state index >= 15 is 0 Å². The average molecular weight is 272 g/mol. The second-order valence-corrected chi connectivity index (χ2v) is 3.96. The standard InChI is InChI=1S/C7H12Cl2.C5H9Cl/c8-6-4-2-1-3-5-7-9;1-2-3-4-5-6/h1-2H,3-7H2;2-3H,4-5H2,1H3/b2-1+;3-2+. The molecule has 0 radical (unpaired) electrons. The zero-order valence-corrected chi connectivity index (χ0v) is 11.7. The Kier molecular flexibility index (Phi) is 23.5. The van der Waals surface area contributed by atoms with Gasteiger partial charge in [0.25, 0.3) is 0 Å². The van der Waals surface area contributed by atoms with Gasteiger partial charge >= 0.3 is 0 Å². The maximum absolute atomic E-state index is 5.45. The zero-order valence-electron chi connectivity index (χ0n) is 9.39. The minimum atomic E-state index is 0.720. The molecule has 0 unspecified atom stereocenters. The van der Waals surface area contributed by atoms with E-state index in [9.17, 15) is 0 Å². The van der Waals surface area contributed by atoms with Gasteiger partial charge in [0.15, 0.2) is 0 Å². The van der Waals surface area contributed by atoms with E-state index in [4.69, 9.17) is 34.8 Å². The van der Waals surface area contributed by atoms with Crippen LogP contribution in [0.1, 0.15) is 32.6 Å². The summed E-state index contributed by atoms with van der Waals surface area (Å²) < 4.78 is 0. The lowest BCUT2D eigenvalue weighted by atomic mass is 10.3. The van der Waals surface area contributed by atoms with Crippen molar-refractivity contribution in [2.24, 2.45) is 0 Å². The van der Waals surface area contributed by atoms with E-state index in [0.717, 1.165) is 43.3 Å². The Morgan fingerprint density at radius 2 is 1.27 bits per heavy atom. The zero-order chi connectivity index (χ0) is 11.8. The van der Waals surface area contributed by atoms with E-state index in [-0.39, 0.29) is 0 Å². The summed E-state index contributed by atoms with van der Waals surface area (Å²) in [5.74, 6) is 2.22. The van der Waals surface area contributed by atoms with Crippen LogP contribution in [0.15, 0.2) is 24.3 Å². The van der Waals surface area contributed by atoms with Crippen LogP contribution < -0.4 is 0 Å². The molecule has 0 aliphatic heterocycles. The first-order valence-corrected chi connectivity index (χ1v) is 6.87. The Hall–Kier alpha value is 0.350. The molecule has 0 atom stereocenters. The van der Waals surface area contributed by atoms with Gasteiger partial charge in [-0.2, -0.15) is 0 Å². The summed E-state index contributed by atoms with van der Waals surface area (Å²) in [5.41, 5.74) is 0. The normalized spacial score (nSPS) is 10.7. The Balaban J connectivity index is 0. The van der Waals surface area contributed by atoms with Crippen molar-refractivity contribution in [3.63, 3.8) is 0 Å². The molecule has 0 spiro atoms. The lowest BCUT2D eigenvalue weighted by molar-refractivity contribution is 0.959. The van der Waals surface area contributed by atoms with Crippen LogP contribution in [0.25, 0.3) is 0 Å². The second-order valence-electron chi connectivity index (χ2n) is 2.83. The SMILES string of the molecule is C/C=C/CCCl.ClCC/C=C/CCCCl. The Bertz CT molecular complexity index is 142. The fourth-order valence-electron chi connectivity index (χ4n) is 0.723. The minimum Gasteiger partial charge on any atom is -0.127 e. The average Bonchev–Trinajstić information content (AvgIpc) is 2.27. The first kappa shape index (κ1) is 17.7. The van der Waals surface area contributed by atoms with Crippen molar-refractivity contribution >= 4 is 34.8 Å². The Morgan fingerprint density at radius 1 is 0.733 bits per heavy atom. The van der Waals surface area contributed by atoms with Gasteiger partial charge in [-0.25, -0.2) is 0 Å². The topological polar surface area (TPSA) is 0 Å². The summed E-state index contributed by atoms with van der Waals surface area (Å²) in [5, 5.41) is 0. The molecule has 3 heteroatoms. The molecule has 0 fully saturated rings. The van der Waals surface area contributed by atoms with Crippen molar-refractivity contribution in [3.8, 4) is 0 Å². The summed E-state index contributed by atoms with van der Waals surface area (Å²) in [4.78, 5) is 0. The highest BCUT2D eigenvalue weighted by atomic mass is 35.5. The molecule has 0 aliphatic rings. The smallest absolute Gasteiger partial charge is 0.0257 e. The predicted octanol–water partition coefficient (Wildman–Crippen LogP) is 5.38. The number of unbranched alkanes of at least 4 members (excludes halogenated alkanes) is 1. The fraction of sp³-hybridized carbons (Fsp3) is 0.667. The van der Waals surface area contributed by atoms with Crippen molar-refractivity contribution in [3.05, 3.63) is 24.3 Å². The molecule has 0 saturated carbocycles. The Morgan fingerprint density at radius 3 is 1.67 bits per heavy atom.